The zero-order valence-electron chi connectivity index (χ0n) is 17.4. The highest BCUT2D eigenvalue weighted by Crippen LogP contribution is 2.50. The van der Waals surface area contributed by atoms with Gasteiger partial charge < -0.3 is 15.7 Å². The second-order valence-corrected chi connectivity index (χ2v) is 8.68. The Bertz CT molecular complexity index is 1040. The van der Waals surface area contributed by atoms with Gasteiger partial charge in [-0.25, -0.2) is 4.39 Å². The van der Waals surface area contributed by atoms with Gasteiger partial charge in [0.15, 0.2) is 0 Å². The molecule has 2 aromatic rings. The van der Waals surface area contributed by atoms with Crippen LogP contribution >= 0.6 is 15.9 Å². The molecule has 3 N–H and O–H groups in total. The molecule has 0 saturated carbocycles. The van der Waals surface area contributed by atoms with Crippen LogP contribution in [-0.4, -0.2) is 59.3 Å². The van der Waals surface area contributed by atoms with E-state index in [0.29, 0.717) is 35.3 Å². The standard InChI is InChI=1S/C21H19BrF7N3O2/c22-15-10-17(30)16(23)9-14(15)18(33)32-7-5-31(6-8-32)11-12-1-3-13(4-2-12)19(34,20(24,25)26)21(27,28)29/h1-4,9-10,34H,5-8,11,30H2. The number of piperazine rings is 1. The van der Waals surface area contributed by atoms with Crippen molar-refractivity contribution in [1.29, 1.82) is 0 Å². The van der Waals surface area contributed by atoms with Crippen molar-refractivity contribution in [1.82, 2.24) is 9.80 Å². The Morgan fingerprint density at radius 1 is 0.971 bits per heavy atom. The quantitative estimate of drug-likeness (QED) is 0.431. The van der Waals surface area contributed by atoms with Gasteiger partial charge >= 0.3 is 12.4 Å². The van der Waals surface area contributed by atoms with Gasteiger partial charge in [-0.1, -0.05) is 24.3 Å². The zero-order chi connectivity index (χ0) is 25.5. The fourth-order valence-electron chi connectivity index (χ4n) is 3.60. The largest absolute Gasteiger partial charge is 0.430 e. The molecule has 0 bridgehead atoms. The Morgan fingerprint density at radius 3 is 2.00 bits per heavy atom. The molecule has 1 saturated heterocycles. The lowest BCUT2D eigenvalue weighted by molar-refractivity contribution is -0.376. The highest BCUT2D eigenvalue weighted by molar-refractivity contribution is 9.10. The molecule has 1 amide bonds. The van der Waals surface area contributed by atoms with Crippen LogP contribution in [0.3, 0.4) is 0 Å². The summed E-state index contributed by atoms with van der Waals surface area (Å²) in [5.41, 5.74) is -0.395. The van der Waals surface area contributed by atoms with Crippen molar-refractivity contribution in [2.75, 3.05) is 31.9 Å². The van der Waals surface area contributed by atoms with Gasteiger partial charge in [-0.3, -0.25) is 9.69 Å². The average molecular weight is 558 g/mol. The summed E-state index contributed by atoms with van der Waals surface area (Å²) >= 11 is 3.19. The van der Waals surface area contributed by atoms with E-state index in [1.165, 1.54) is 11.0 Å². The molecular weight excluding hydrogens is 539 g/mol. The molecule has 0 spiro atoms. The van der Waals surface area contributed by atoms with E-state index in [2.05, 4.69) is 15.9 Å². The number of anilines is 1. The summed E-state index contributed by atoms with van der Waals surface area (Å²) in [6.07, 6.45) is -11.9. The lowest BCUT2D eigenvalue weighted by Gasteiger charge is -2.35. The Kier molecular flexibility index (Phi) is 7.21. The lowest BCUT2D eigenvalue weighted by Crippen LogP contribution is -2.53. The highest BCUT2D eigenvalue weighted by Gasteiger charge is 2.71. The molecule has 13 heteroatoms. The van der Waals surface area contributed by atoms with Crippen LogP contribution in [0, 0.1) is 5.82 Å². The minimum atomic E-state index is -5.95. The van der Waals surface area contributed by atoms with Gasteiger partial charge in [0.25, 0.3) is 11.5 Å². The Morgan fingerprint density at radius 2 is 1.50 bits per heavy atom. The molecule has 1 fully saturated rings. The van der Waals surface area contributed by atoms with Crippen LogP contribution in [0.1, 0.15) is 21.5 Å². The first-order chi connectivity index (χ1) is 15.6. The lowest BCUT2D eigenvalue weighted by atomic mass is 9.91. The third-order valence-corrected chi connectivity index (χ3v) is 6.23. The molecule has 1 aliphatic heterocycles. The van der Waals surface area contributed by atoms with Crippen LogP contribution in [0.15, 0.2) is 40.9 Å². The maximum Gasteiger partial charge on any atom is 0.430 e. The number of aliphatic hydroxyl groups is 1. The van der Waals surface area contributed by atoms with Crippen molar-refractivity contribution in [3.63, 3.8) is 0 Å². The smallest absolute Gasteiger partial charge is 0.396 e. The third-order valence-electron chi connectivity index (χ3n) is 5.57. The second kappa shape index (κ2) is 9.34. The molecule has 3 rings (SSSR count). The van der Waals surface area contributed by atoms with Gasteiger partial charge in [-0.05, 0) is 33.6 Å². The average Bonchev–Trinajstić information content (AvgIpc) is 2.75. The second-order valence-electron chi connectivity index (χ2n) is 7.82. The number of alkyl halides is 6. The van der Waals surface area contributed by atoms with E-state index in [4.69, 9.17) is 5.73 Å². The van der Waals surface area contributed by atoms with Crippen LogP contribution in [0.4, 0.5) is 36.4 Å². The molecule has 1 heterocycles. The monoisotopic (exact) mass is 557 g/mol. The Balaban J connectivity index is 1.65. The molecular formula is C21H19BrF7N3O2. The fourth-order valence-corrected chi connectivity index (χ4v) is 4.13. The summed E-state index contributed by atoms with van der Waals surface area (Å²) in [6.45, 7) is 1.50. The van der Waals surface area contributed by atoms with Gasteiger partial charge in [0.05, 0.1) is 11.3 Å². The number of carbonyl (C=O) groups is 1. The van der Waals surface area contributed by atoms with E-state index in [9.17, 15) is 40.6 Å². The number of benzene rings is 2. The van der Waals surface area contributed by atoms with E-state index in [1.807, 2.05) is 4.90 Å². The predicted octanol–water partition coefficient (Wildman–Crippen LogP) is 4.44. The number of nitrogens with zero attached hydrogens (tertiary/aromatic N) is 2. The maximum absolute atomic E-state index is 13.8. The van der Waals surface area contributed by atoms with Crippen LogP contribution < -0.4 is 5.73 Å². The molecule has 2 aromatic carbocycles. The van der Waals surface area contributed by atoms with Crippen molar-refractivity contribution in [3.05, 3.63) is 63.4 Å². The van der Waals surface area contributed by atoms with Crippen molar-refractivity contribution in [2.24, 2.45) is 0 Å². The van der Waals surface area contributed by atoms with Crippen molar-refractivity contribution < 1.29 is 40.6 Å². The zero-order valence-corrected chi connectivity index (χ0v) is 18.9. The van der Waals surface area contributed by atoms with Crippen LogP contribution in [0.5, 0.6) is 0 Å². The predicted molar refractivity (Wildman–Crippen MR) is 112 cm³/mol. The summed E-state index contributed by atoms with van der Waals surface area (Å²) in [6, 6.07) is 5.71. The normalized spacial score (nSPS) is 16.1. The highest BCUT2D eigenvalue weighted by atomic mass is 79.9. The minimum absolute atomic E-state index is 0.108. The molecule has 0 aliphatic carbocycles. The van der Waals surface area contributed by atoms with Crippen molar-refractivity contribution in [2.45, 2.75) is 24.5 Å². The first kappa shape index (κ1) is 26.2. The number of nitrogens with two attached hydrogens (primary N) is 1. The maximum atomic E-state index is 13.8. The summed E-state index contributed by atoms with van der Waals surface area (Å²) in [4.78, 5) is 16.1. The number of nitrogen functional groups attached to an aromatic ring is 1. The van der Waals surface area contributed by atoms with Crippen molar-refractivity contribution in [3.8, 4) is 0 Å². The SMILES string of the molecule is Nc1cc(Br)c(C(=O)N2CCN(Cc3ccc(C(O)(C(F)(F)F)C(F)(F)F)cc3)CC2)cc1F. The van der Waals surface area contributed by atoms with Crippen LogP contribution in [-0.2, 0) is 12.1 Å². The summed E-state index contributed by atoms with van der Waals surface area (Å²) in [5.74, 6) is -1.13. The Hall–Kier alpha value is -2.38. The van der Waals surface area contributed by atoms with Gasteiger partial charge in [-0.15, -0.1) is 0 Å². The summed E-state index contributed by atoms with van der Waals surface area (Å²) < 4.78 is 92.2. The number of rotatable bonds is 4. The summed E-state index contributed by atoms with van der Waals surface area (Å²) in [5, 5.41) is 9.46. The van der Waals surface area contributed by atoms with Crippen LogP contribution in [0.25, 0.3) is 0 Å². The fraction of sp³-hybridized carbons (Fsp3) is 0.381. The summed E-state index contributed by atoms with van der Waals surface area (Å²) in [7, 11) is 0. The first-order valence-electron chi connectivity index (χ1n) is 9.86. The van der Waals surface area contributed by atoms with E-state index in [1.54, 1.807) is 0 Å². The van der Waals surface area contributed by atoms with E-state index < -0.39 is 35.2 Å². The molecule has 0 aromatic heterocycles. The molecule has 186 valence electrons. The molecule has 0 radical (unpaired) electrons. The van der Waals surface area contributed by atoms with E-state index in [0.717, 1.165) is 18.2 Å². The molecule has 1 aliphatic rings. The van der Waals surface area contributed by atoms with Crippen molar-refractivity contribution >= 4 is 27.5 Å². The Labute approximate surface area is 198 Å². The molecule has 0 unspecified atom stereocenters. The van der Waals surface area contributed by atoms with Crippen LogP contribution in [0.2, 0.25) is 0 Å². The molecule has 5 nitrogen and oxygen atoms in total. The van der Waals surface area contributed by atoms with Gasteiger partial charge in [0.1, 0.15) is 5.82 Å². The van der Waals surface area contributed by atoms with Gasteiger partial charge in [0, 0.05) is 42.8 Å². The number of halogens is 8. The van der Waals surface area contributed by atoms with Gasteiger partial charge in [-0.2, -0.15) is 26.3 Å². The van der Waals surface area contributed by atoms with E-state index in [-0.39, 0.29) is 30.9 Å². The topological polar surface area (TPSA) is 69.8 Å². The van der Waals surface area contributed by atoms with Gasteiger partial charge in [0.2, 0.25) is 0 Å². The number of carbonyl (C=O) groups excluding carboxylic acids is 1. The first-order valence-corrected chi connectivity index (χ1v) is 10.7. The number of hydrogen-bond acceptors (Lipinski definition) is 4. The number of amides is 1. The van der Waals surface area contributed by atoms with E-state index >= 15 is 0 Å². The molecule has 0 atom stereocenters. The molecule has 34 heavy (non-hydrogen) atoms. The number of hydrogen-bond donors (Lipinski definition) is 2. The minimum Gasteiger partial charge on any atom is -0.396 e. The third kappa shape index (κ3) is 5.01.